The molecule has 10 aromatic rings. The van der Waals surface area contributed by atoms with Crippen molar-refractivity contribution in [1.82, 2.24) is 15.0 Å². The summed E-state index contributed by atoms with van der Waals surface area (Å²) in [5.74, 6) is 1.91. The van der Waals surface area contributed by atoms with Crippen molar-refractivity contribution in [3.8, 4) is 34.2 Å². The van der Waals surface area contributed by atoms with E-state index in [9.17, 15) is 0 Å². The van der Waals surface area contributed by atoms with Gasteiger partial charge in [0.1, 0.15) is 5.58 Å². The van der Waals surface area contributed by atoms with Gasteiger partial charge in [-0.2, -0.15) is 0 Å². The molecule has 3 heterocycles. The number of hydrogen-bond acceptors (Lipinski definition) is 4. The van der Waals surface area contributed by atoms with Crippen molar-refractivity contribution in [1.29, 1.82) is 0 Å². The van der Waals surface area contributed by atoms with E-state index < -0.39 is 0 Å². The van der Waals surface area contributed by atoms with Gasteiger partial charge in [0.25, 0.3) is 0 Å². The average Bonchev–Trinajstić information content (AvgIpc) is 3.69. The van der Waals surface area contributed by atoms with Gasteiger partial charge < -0.3 is 0 Å². The van der Waals surface area contributed by atoms with Gasteiger partial charge in [-0.15, -0.1) is 0 Å². The molecule has 4 nitrogen and oxygen atoms in total. The Balaban J connectivity index is 1.23. The molecule has 214 valence electrons. The Labute approximate surface area is 269 Å². The molecule has 0 atom stereocenters. The Morgan fingerprint density at radius 2 is 1.11 bits per heavy atom. The molecule has 0 radical (unpaired) electrons. The third-order valence-corrected chi connectivity index (χ3v) is 11.5. The molecule has 7 aromatic carbocycles. The zero-order chi connectivity index (χ0) is 30.2. The summed E-state index contributed by atoms with van der Waals surface area (Å²) in [5, 5.41) is 9.87. The van der Waals surface area contributed by atoms with Crippen LogP contribution >= 0.6 is 0 Å². The van der Waals surface area contributed by atoms with E-state index in [0.29, 0.717) is 17.5 Å². The van der Waals surface area contributed by atoms with Crippen molar-refractivity contribution in [2.75, 3.05) is 0 Å². The van der Waals surface area contributed by atoms with Gasteiger partial charge in [0.15, 0.2) is 0 Å². The summed E-state index contributed by atoms with van der Waals surface area (Å²) in [4.78, 5) is 15.2. The zero-order valence-electron chi connectivity index (χ0n) is 24.4. The fourth-order valence-corrected chi connectivity index (χ4v) is 9.43. The van der Waals surface area contributed by atoms with Gasteiger partial charge in [-0.1, -0.05) is 18.2 Å². The van der Waals surface area contributed by atoms with E-state index in [0.717, 1.165) is 44.0 Å². The molecule has 46 heavy (non-hydrogen) atoms. The monoisotopic (exact) mass is 653 g/mol. The molecule has 0 fully saturated rings. The summed E-state index contributed by atoms with van der Waals surface area (Å²) in [6.07, 6.45) is 0. The van der Waals surface area contributed by atoms with E-state index in [4.69, 9.17) is 19.4 Å². The SMILES string of the molecule is c1ccc(-c2nc(-c3ccc4c(c3)oc3ccccc34)nc(-c3cccc4c3ccc3ccc5c6ccccc6[se]c5c34)n2)cc1. The van der Waals surface area contributed by atoms with Crippen molar-refractivity contribution in [2.24, 2.45) is 0 Å². The number of aromatic nitrogens is 3. The van der Waals surface area contributed by atoms with Crippen LogP contribution in [0.25, 0.3) is 96.9 Å². The molecule has 0 saturated carbocycles. The molecule has 3 aromatic heterocycles. The first-order chi connectivity index (χ1) is 22.8. The Bertz CT molecular complexity index is 2820. The van der Waals surface area contributed by atoms with Crippen LogP contribution in [0, 0.1) is 0 Å². The van der Waals surface area contributed by atoms with Crippen LogP contribution in [0.5, 0.6) is 0 Å². The average molecular weight is 653 g/mol. The van der Waals surface area contributed by atoms with Crippen LogP contribution in [0.1, 0.15) is 0 Å². The molecule has 5 heteroatoms. The van der Waals surface area contributed by atoms with E-state index in [1.165, 1.54) is 35.5 Å². The third-order valence-electron chi connectivity index (χ3n) is 8.93. The van der Waals surface area contributed by atoms with Crippen LogP contribution in [0.4, 0.5) is 0 Å². The molecule has 0 N–H and O–H groups in total. The summed E-state index contributed by atoms with van der Waals surface area (Å²) in [5.41, 5.74) is 4.51. The predicted octanol–water partition coefficient (Wildman–Crippen LogP) is 10.4. The molecular weight excluding hydrogens is 629 g/mol. The zero-order valence-corrected chi connectivity index (χ0v) is 26.2. The predicted molar refractivity (Wildman–Crippen MR) is 190 cm³/mol. The summed E-state index contributed by atoms with van der Waals surface area (Å²) >= 11 is 0.242. The molecule has 0 amide bonds. The second kappa shape index (κ2) is 9.95. The second-order valence-electron chi connectivity index (χ2n) is 11.6. The summed E-state index contributed by atoms with van der Waals surface area (Å²) in [7, 11) is 0. The standard InChI is InChI=1S/C41H23N3OSe/c1-2-9-25(10-3-1)39-42-40(26-19-21-29-28-11-4-6-15-34(28)45-35(29)23-26)44-41(43-39)33-14-8-13-31-27(33)20-17-24-18-22-32-30-12-5-7-16-36(30)46-38(32)37(24)31/h1-23H. The van der Waals surface area contributed by atoms with E-state index in [1.807, 2.05) is 54.6 Å². The Morgan fingerprint density at radius 3 is 2.00 bits per heavy atom. The summed E-state index contributed by atoms with van der Waals surface area (Å²) in [6.45, 7) is 0. The van der Waals surface area contributed by atoms with Crippen LogP contribution in [0.15, 0.2) is 144 Å². The van der Waals surface area contributed by atoms with Crippen molar-refractivity contribution in [2.45, 2.75) is 0 Å². The van der Waals surface area contributed by atoms with E-state index in [1.54, 1.807) is 0 Å². The van der Waals surface area contributed by atoms with E-state index in [2.05, 4.69) is 84.9 Å². The quantitative estimate of drug-likeness (QED) is 0.141. The molecule has 0 aliphatic rings. The number of para-hydroxylation sites is 1. The van der Waals surface area contributed by atoms with Gasteiger partial charge in [0, 0.05) is 5.39 Å². The molecule has 10 rings (SSSR count). The number of hydrogen-bond donors (Lipinski definition) is 0. The summed E-state index contributed by atoms with van der Waals surface area (Å²) < 4.78 is 9.13. The summed E-state index contributed by atoms with van der Waals surface area (Å²) in [6, 6.07) is 48.9. The minimum absolute atomic E-state index is 0.242. The van der Waals surface area contributed by atoms with Crippen LogP contribution in [-0.2, 0) is 0 Å². The number of rotatable bonds is 3. The molecule has 0 unspecified atom stereocenters. The number of fused-ring (bicyclic) bond motifs is 10. The van der Waals surface area contributed by atoms with Gasteiger partial charge >= 0.3 is 235 Å². The fourth-order valence-electron chi connectivity index (χ4n) is 6.76. The normalized spacial score (nSPS) is 11.9. The van der Waals surface area contributed by atoms with E-state index >= 15 is 0 Å². The van der Waals surface area contributed by atoms with E-state index in [-0.39, 0.29) is 14.5 Å². The number of benzene rings is 7. The van der Waals surface area contributed by atoms with Gasteiger partial charge in [-0.25, -0.2) is 0 Å². The van der Waals surface area contributed by atoms with Crippen molar-refractivity contribution in [3.63, 3.8) is 0 Å². The topological polar surface area (TPSA) is 51.8 Å². The van der Waals surface area contributed by atoms with Crippen LogP contribution in [0.2, 0.25) is 0 Å². The number of nitrogens with zero attached hydrogens (tertiary/aromatic N) is 3. The molecule has 0 spiro atoms. The van der Waals surface area contributed by atoms with Gasteiger partial charge in [0.2, 0.25) is 0 Å². The van der Waals surface area contributed by atoms with Crippen LogP contribution < -0.4 is 0 Å². The molecule has 0 saturated heterocycles. The Kier molecular flexibility index (Phi) is 5.56. The maximum absolute atomic E-state index is 6.23. The fraction of sp³-hybridized carbons (Fsp3) is 0. The van der Waals surface area contributed by atoms with Gasteiger partial charge in [-0.3, -0.25) is 0 Å². The third kappa shape index (κ3) is 3.89. The second-order valence-corrected chi connectivity index (χ2v) is 13.8. The van der Waals surface area contributed by atoms with Gasteiger partial charge in [0.05, 0.1) is 0 Å². The first-order valence-electron chi connectivity index (χ1n) is 15.3. The number of furan rings is 1. The molecule has 0 aliphatic carbocycles. The van der Waals surface area contributed by atoms with Crippen molar-refractivity contribution in [3.05, 3.63) is 140 Å². The molecule has 0 bridgehead atoms. The Hall–Kier alpha value is -5.61. The van der Waals surface area contributed by atoms with Crippen molar-refractivity contribution >= 4 is 77.3 Å². The van der Waals surface area contributed by atoms with Crippen LogP contribution in [-0.4, -0.2) is 29.5 Å². The Morgan fingerprint density at radius 1 is 0.435 bits per heavy atom. The molecular formula is C41H23N3OSe. The first kappa shape index (κ1) is 25.7. The molecule has 0 aliphatic heterocycles. The first-order valence-corrected chi connectivity index (χ1v) is 17.0. The minimum atomic E-state index is 0.242. The van der Waals surface area contributed by atoms with Crippen LogP contribution in [0.3, 0.4) is 0 Å². The van der Waals surface area contributed by atoms with Crippen molar-refractivity contribution < 1.29 is 4.42 Å². The van der Waals surface area contributed by atoms with Gasteiger partial charge in [-0.05, 0) is 6.07 Å². The maximum atomic E-state index is 6.23.